The van der Waals surface area contributed by atoms with E-state index in [2.05, 4.69) is 23.6 Å². The Labute approximate surface area is 128 Å². The molecule has 0 unspecified atom stereocenters. The zero-order valence-electron chi connectivity index (χ0n) is 13.2. The van der Waals surface area contributed by atoms with Crippen molar-refractivity contribution in [1.29, 1.82) is 0 Å². The average Bonchev–Trinajstić information content (AvgIpc) is 2.49. The molecule has 124 valence electrons. The highest BCUT2D eigenvalue weighted by molar-refractivity contribution is 7.87. The van der Waals surface area contributed by atoms with Gasteiger partial charge in [0, 0.05) is 26.2 Å². The van der Waals surface area contributed by atoms with E-state index in [1.54, 1.807) is 0 Å². The summed E-state index contributed by atoms with van der Waals surface area (Å²) in [6.45, 7) is 5.93. The maximum atomic E-state index is 12.4. The lowest BCUT2D eigenvalue weighted by Crippen LogP contribution is -2.49. The minimum absolute atomic E-state index is 0.0585. The van der Waals surface area contributed by atoms with Crippen LogP contribution in [0.3, 0.4) is 0 Å². The molecule has 0 amide bonds. The molecule has 21 heavy (non-hydrogen) atoms. The molecule has 6 nitrogen and oxygen atoms in total. The fourth-order valence-electron chi connectivity index (χ4n) is 3.02. The number of aliphatic hydroxyl groups is 1. The predicted molar refractivity (Wildman–Crippen MR) is 83.1 cm³/mol. The van der Waals surface area contributed by atoms with Gasteiger partial charge in [-0.25, -0.2) is 4.72 Å². The Hall–Kier alpha value is -0.210. The number of nitrogens with zero attached hydrogens (tertiary/aromatic N) is 2. The van der Waals surface area contributed by atoms with Crippen LogP contribution >= 0.6 is 0 Å². The topological polar surface area (TPSA) is 72.9 Å². The van der Waals surface area contributed by atoms with Crippen LogP contribution in [-0.2, 0) is 10.2 Å². The molecule has 7 heteroatoms. The van der Waals surface area contributed by atoms with Crippen LogP contribution in [0.4, 0.5) is 0 Å². The van der Waals surface area contributed by atoms with Crippen LogP contribution in [0.1, 0.15) is 32.6 Å². The number of aliphatic hydroxyl groups excluding tert-OH is 1. The second-order valence-corrected chi connectivity index (χ2v) is 8.72. The second kappa shape index (κ2) is 6.91. The van der Waals surface area contributed by atoms with Crippen LogP contribution in [0.5, 0.6) is 0 Å². The molecule has 0 aliphatic carbocycles. The summed E-state index contributed by atoms with van der Waals surface area (Å²) in [6, 6.07) is 0. The van der Waals surface area contributed by atoms with Crippen molar-refractivity contribution in [3.05, 3.63) is 0 Å². The zero-order chi connectivity index (χ0) is 15.5. The van der Waals surface area contributed by atoms with Crippen molar-refractivity contribution in [2.24, 2.45) is 11.3 Å². The Balaban J connectivity index is 1.84. The van der Waals surface area contributed by atoms with E-state index in [9.17, 15) is 8.42 Å². The summed E-state index contributed by atoms with van der Waals surface area (Å²) in [5.41, 5.74) is 0.0585. The lowest BCUT2D eigenvalue weighted by atomic mass is 9.81. The second-order valence-electron chi connectivity index (χ2n) is 6.97. The fourth-order valence-corrected chi connectivity index (χ4v) is 4.43. The van der Waals surface area contributed by atoms with Crippen molar-refractivity contribution < 1.29 is 13.5 Å². The van der Waals surface area contributed by atoms with Crippen molar-refractivity contribution in [2.75, 3.05) is 46.4 Å². The van der Waals surface area contributed by atoms with Crippen LogP contribution in [0.2, 0.25) is 0 Å². The highest BCUT2D eigenvalue weighted by Crippen LogP contribution is 2.30. The molecule has 2 saturated heterocycles. The zero-order valence-corrected chi connectivity index (χ0v) is 14.0. The molecule has 0 bridgehead atoms. The first-order chi connectivity index (χ1) is 9.85. The minimum Gasteiger partial charge on any atom is -0.396 e. The molecule has 2 N–H and O–H groups in total. The van der Waals surface area contributed by atoms with Gasteiger partial charge in [0.1, 0.15) is 0 Å². The van der Waals surface area contributed by atoms with Gasteiger partial charge in [-0.15, -0.1) is 0 Å². The van der Waals surface area contributed by atoms with Crippen molar-refractivity contribution in [1.82, 2.24) is 13.9 Å². The van der Waals surface area contributed by atoms with E-state index in [4.69, 9.17) is 5.11 Å². The molecule has 2 fully saturated rings. The third-order valence-electron chi connectivity index (χ3n) is 5.05. The number of nitrogens with one attached hydrogen (secondary N) is 1. The van der Waals surface area contributed by atoms with E-state index >= 15 is 0 Å². The molecule has 2 aliphatic rings. The summed E-state index contributed by atoms with van der Waals surface area (Å²) in [5, 5.41) is 9.12. The number of rotatable bonds is 5. The largest absolute Gasteiger partial charge is 0.396 e. The molecule has 2 rings (SSSR count). The maximum Gasteiger partial charge on any atom is 0.279 e. The fraction of sp³-hybridized carbons (Fsp3) is 1.00. The Kier molecular flexibility index (Phi) is 5.65. The summed E-state index contributed by atoms with van der Waals surface area (Å²) in [6.07, 6.45) is 3.55. The van der Waals surface area contributed by atoms with Crippen LogP contribution in [0.25, 0.3) is 0 Å². The van der Waals surface area contributed by atoms with E-state index in [0.29, 0.717) is 19.6 Å². The number of hydrogen-bond acceptors (Lipinski definition) is 4. The highest BCUT2D eigenvalue weighted by Gasteiger charge is 2.33. The van der Waals surface area contributed by atoms with Gasteiger partial charge >= 0.3 is 0 Å². The molecule has 0 aromatic rings. The molecule has 2 aliphatic heterocycles. The summed E-state index contributed by atoms with van der Waals surface area (Å²) in [7, 11) is -1.27. The Bertz CT molecular complexity index is 425. The summed E-state index contributed by atoms with van der Waals surface area (Å²) in [4.78, 5) is 2.29. The molecule has 0 saturated carbocycles. The number of piperidine rings is 2. The van der Waals surface area contributed by atoms with Gasteiger partial charge in [-0.05, 0) is 57.2 Å². The highest BCUT2D eigenvalue weighted by atomic mass is 32.2. The third-order valence-corrected chi connectivity index (χ3v) is 6.60. The summed E-state index contributed by atoms with van der Waals surface area (Å²) >= 11 is 0. The van der Waals surface area contributed by atoms with Crippen molar-refractivity contribution in [3.63, 3.8) is 0 Å². The van der Waals surface area contributed by atoms with Crippen LogP contribution in [-0.4, -0.2) is 69.1 Å². The molecular formula is C14H29N3O3S. The maximum absolute atomic E-state index is 12.4. The molecule has 0 aromatic heterocycles. The Morgan fingerprint density at radius 1 is 1.19 bits per heavy atom. The van der Waals surface area contributed by atoms with Crippen LogP contribution in [0, 0.1) is 11.3 Å². The number of hydrogen-bond donors (Lipinski definition) is 2. The van der Waals surface area contributed by atoms with E-state index in [0.717, 1.165) is 38.8 Å². The normalized spacial score (nSPS) is 26.0. The molecular weight excluding hydrogens is 290 g/mol. The van der Waals surface area contributed by atoms with Gasteiger partial charge in [0.05, 0.1) is 0 Å². The molecule has 0 radical (unpaired) electrons. The van der Waals surface area contributed by atoms with Gasteiger partial charge in [0.15, 0.2) is 0 Å². The van der Waals surface area contributed by atoms with Crippen molar-refractivity contribution >= 4 is 10.2 Å². The van der Waals surface area contributed by atoms with Gasteiger partial charge in [0.25, 0.3) is 10.2 Å². The van der Waals surface area contributed by atoms with E-state index in [-0.39, 0.29) is 17.9 Å². The van der Waals surface area contributed by atoms with Gasteiger partial charge in [-0.2, -0.15) is 12.7 Å². The lowest BCUT2D eigenvalue weighted by Gasteiger charge is -2.38. The van der Waals surface area contributed by atoms with Crippen molar-refractivity contribution in [2.45, 2.75) is 32.6 Å². The first-order valence-electron chi connectivity index (χ1n) is 7.89. The van der Waals surface area contributed by atoms with Gasteiger partial charge < -0.3 is 10.0 Å². The summed E-state index contributed by atoms with van der Waals surface area (Å²) < 4.78 is 29.1. The van der Waals surface area contributed by atoms with Gasteiger partial charge in [-0.3, -0.25) is 0 Å². The lowest BCUT2D eigenvalue weighted by molar-refractivity contribution is 0.141. The van der Waals surface area contributed by atoms with E-state index in [1.165, 1.54) is 4.31 Å². The van der Waals surface area contributed by atoms with Crippen molar-refractivity contribution in [3.8, 4) is 0 Å². The van der Waals surface area contributed by atoms with Gasteiger partial charge in [0.2, 0.25) is 0 Å². The quantitative estimate of drug-likeness (QED) is 0.762. The minimum atomic E-state index is -3.38. The first kappa shape index (κ1) is 17.1. The molecule has 0 spiro atoms. The third kappa shape index (κ3) is 4.63. The predicted octanol–water partition coefficient (Wildman–Crippen LogP) is 0.257. The van der Waals surface area contributed by atoms with Crippen LogP contribution < -0.4 is 4.72 Å². The average molecular weight is 319 g/mol. The van der Waals surface area contributed by atoms with E-state index < -0.39 is 10.2 Å². The SMILES string of the molecule is CN1CCC(C)(CNS(=O)(=O)N2CCC(CO)CC2)CC1. The monoisotopic (exact) mass is 319 g/mol. The smallest absolute Gasteiger partial charge is 0.279 e. The van der Waals surface area contributed by atoms with Crippen LogP contribution in [0.15, 0.2) is 0 Å². The first-order valence-corrected chi connectivity index (χ1v) is 9.33. The summed E-state index contributed by atoms with van der Waals surface area (Å²) in [5.74, 6) is 0.253. The molecule has 2 heterocycles. The molecule has 0 aromatic carbocycles. The molecule has 0 atom stereocenters. The van der Waals surface area contributed by atoms with E-state index in [1.807, 2.05) is 0 Å². The Morgan fingerprint density at radius 2 is 1.76 bits per heavy atom. The van der Waals surface area contributed by atoms with Gasteiger partial charge in [-0.1, -0.05) is 6.92 Å². The Morgan fingerprint density at radius 3 is 2.29 bits per heavy atom. The number of likely N-dealkylation sites (tertiary alicyclic amines) is 1. The standard InChI is InChI=1S/C14H29N3O3S/c1-14(5-9-16(2)10-6-14)12-15-21(19,20)17-7-3-13(11-18)4-8-17/h13,15,18H,3-12H2,1-2H3.